The van der Waals surface area contributed by atoms with Gasteiger partial charge in [0.2, 0.25) is 0 Å². The van der Waals surface area contributed by atoms with E-state index < -0.39 is 5.91 Å². The van der Waals surface area contributed by atoms with Crippen LogP contribution in [0.15, 0.2) is 71.8 Å². The zero-order valence-electron chi connectivity index (χ0n) is 17.7. The van der Waals surface area contributed by atoms with Gasteiger partial charge in [0, 0.05) is 15.6 Å². The topological polar surface area (TPSA) is 89.0 Å². The molecule has 7 nitrogen and oxygen atoms in total. The molecule has 0 bridgehead atoms. The summed E-state index contributed by atoms with van der Waals surface area (Å²) in [5.74, 6) is 0.237. The lowest BCUT2D eigenvalue weighted by Crippen LogP contribution is -2.34. The largest absolute Gasteiger partial charge is 0.493 e. The molecule has 0 aliphatic rings. The molecule has 3 aromatic carbocycles. The van der Waals surface area contributed by atoms with E-state index in [1.807, 2.05) is 12.1 Å². The lowest BCUT2D eigenvalue weighted by atomic mass is 10.2. The molecule has 3 aromatic rings. The zero-order chi connectivity index (χ0) is 23.6. The van der Waals surface area contributed by atoms with Crippen LogP contribution in [0.1, 0.15) is 21.5 Å². The Kier molecular flexibility index (Phi) is 8.69. The number of carbonyl (C=O) groups is 2. The van der Waals surface area contributed by atoms with Gasteiger partial charge in [-0.1, -0.05) is 35.3 Å². The first-order valence-corrected chi connectivity index (χ1v) is 10.6. The number of amides is 2. The van der Waals surface area contributed by atoms with Crippen molar-refractivity contribution >= 4 is 41.2 Å². The molecule has 0 aliphatic carbocycles. The number of benzene rings is 3. The van der Waals surface area contributed by atoms with Crippen LogP contribution in [0, 0.1) is 0 Å². The molecule has 2 N–H and O–H groups in total. The maximum absolute atomic E-state index is 12.0. The van der Waals surface area contributed by atoms with Crippen molar-refractivity contribution in [2.45, 2.75) is 6.61 Å². The highest BCUT2D eigenvalue weighted by molar-refractivity contribution is 6.30. The summed E-state index contributed by atoms with van der Waals surface area (Å²) in [6.45, 7) is 0.137. The van der Waals surface area contributed by atoms with Crippen molar-refractivity contribution in [2.75, 3.05) is 13.7 Å². The Balaban J connectivity index is 1.49. The number of nitrogens with one attached hydrogen (secondary N) is 2. The maximum atomic E-state index is 12.0. The average molecular weight is 486 g/mol. The van der Waals surface area contributed by atoms with E-state index in [1.54, 1.807) is 54.6 Å². The van der Waals surface area contributed by atoms with Crippen molar-refractivity contribution in [3.8, 4) is 11.5 Å². The van der Waals surface area contributed by atoms with Gasteiger partial charge in [0.05, 0.1) is 19.9 Å². The van der Waals surface area contributed by atoms with Gasteiger partial charge in [0.15, 0.2) is 11.5 Å². The van der Waals surface area contributed by atoms with Crippen LogP contribution < -0.4 is 20.2 Å². The van der Waals surface area contributed by atoms with Gasteiger partial charge in [-0.05, 0) is 65.7 Å². The van der Waals surface area contributed by atoms with Crippen molar-refractivity contribution in [2.24, 2.45) is 5.10 Å². The number of halogens is 2. The van der Waals surface area contributed by atoms with Crippen LogP contribution in [-0.2, 0) is 11.4 Å². The molecule has 0 aromatic heterocycles. The smallest absolute Gasteiger partial charge is 0.259 e. The van der Waals surface area contributed by atoms with Gasteiger partial charge in [0.25, 0.3) is 11.8 Å². The second kappa shape index (κ2) is 11.9. The quantitative estimate of drug-likeness (QED) is 0.345. The molecular weight excluding hydrogens is 465 g/mol. The lowest BCUT2D eigenvalue weighted by Gasteiger charge is -2.11. The monoisotopic (exact) mass is 485 g/mol. The highest BCUT2D eigenvalue weighted by Crippen LogP contribution is 2.28. The van der Waals surface area contributed by atoms with E-state index in [4.69, 9.17) is 32.7 Å². The summed E-state index contributed by atoms with van der Waals surface area (Å²) in [6.07, 6.45) is 1.46. The van der Waals surface area contributed by atoms with Crippen LogP contribution in [0.4, 0.5) is 0 Å². The molecule has 0 saturated carbocycles. The molecular formula is C24H21Cl2N3O4. The summed E-state index contributed by atoms with van der Waals surface area (Å²) in [6, 6.07) is 19.0. The second-order valence-corrected chi connectivity index (χ2v) is 7.68. The predicted molar refractivity (Wildman–Crippen MR) is 128 cm³/mol. The van der Waals surface area contributed by atoms with Gasteiger partial charge >= 0.3 is 0 Å². The zero-order valence-corrected chi connectivity index (χ0v) is 19.2. The van der Waals surface area contributed by atoms with Gasteiger partial charge in [-0.15, -0.1) is 0 Å². The number of hydrogen-bond acceptors (Lipinski definition) is 5. The normalized spacial score (nSPS) is 10.6. The molecule has 0 spiro atoms. The molecule has 3 rings (SSSR count). The van der Waals surface area contributed by atoms with Gasteiger partial charge < -0.3 is 14.8 Å². The Hall–Kier alpha value is -3.55. The van der Waals surface area contributed by atoms with Crippen LogP contribution >= 0.6 is 23.2 Å². The van der Waals surface area contributed by atoms with Crippen LogP contribution in [-0.4, -0.2) is 31.7 Å². The third-order valence-corrected chi connectivity index (χ3v) is 4.92. The summed E-state index contributed by atoms with van der Waals surface area (Å²) < 4.78 is 11.2. The molecule has 9 heteroatoms. The first kappa shape index (κ1) is 24.1. The molecule has 2 amide bonds. The highest BCUT2D eigenvalue weighted by atomic mass is 35.5. The third kappa shape index (κ3) is 7.52. The molecule has 170 valence electrons. The summed E-state index contributed by atoms with van der Waals surface area (Å²) in [7, 11) is 1.54. The van der Waals surface area contributed by atoms with E-state index >= 15 is 0 Å². The number of methoxy groups -OCH3 is 1. The number of carbonyl (C=O) groups excluding carboxylic acids is 2. The molecule has 0 aliphatic heterocycles. The number of nitrogens with zero attached hydrogens (tertiary/aromatic N) is 1. The Morgan fingerprint density at radius 1 is 0.939 bits per heavy atom. The van der Waals surface area contributed by atoms with Gasteiger partial charge in [-0.3, -0.25) is 9.59 Å². The van der Waals surface area contributed by atoms with Gasteiger partial charge in [-0.2, -0.15) is 5.10 Å². The molecule has 0 atom stereocenters. The fourth-order valence-corrected chi connectivity index (χ4v) is 2.96. The van der Waals surface area contributed by atoms with E-state index in [-0.39, 0.29) is 12.5 Å². The lowest BCUT2D eigenvalue weighted by molar-refractivity contribution is -0.120. The van der Waals surface area contributed by atoms with E-state index in [9.17, 15) is 9.59 Å². The number of rotatable bonds is 9. The average Bonchev–Trinajstić information content (AvgIpc) is 2.83. The Bertz CT molecular complexity index is 1130. The maximum Gasteiger partial charge on any atom is 0.259 e. The van der Waals surface area contributed by atoms with Crippen molar-refractivity contribution in [1.29, 1.82) is 0 Å². The first-order chi connectivity index (χ1) is 15.9. The number of hydrazone groups is 1. The van der Waals surface area contributed by atoms with Crippen molar-refractivity contribution in [3.63, 3.8) is 0 Å². The van der Waals surface area contributed by atoms with Crippen LogP contribution in [0.25, 0.3) is 0 Å². The van der Waals surface area contributed by atoms with E-state index in [2.05, 4.69) is 15.8 Å². The SMILES string of the molecule is COc1cc(/C=N/NC(=O)CNC(=O)c2ccc(Cl)cc2)ccc1OCc1ccc(Cl)cc1. The Morgan fingerprint density at radius 3 is 2.27 bits per heavy atom. The van der Waals surface area contributed by atoms with Crippen LogP contribution in [0.5, 0.6) is 11.5 Å². The summed E-state index contributed by atoms with van der Waals surface area (Å²) in [4.78, 5) is 23.9. The minimum Gasteiger partial charge on any atom is -0.493 e. The summed E-state index contributed by atoms with van der Waals surface area (Å²) >= 11 is 11.7. The molecule has 33 heavy (non-hydrogen) atoms. The minimum absolute atomic E-state index is 0.223. The Labute approximate surface area is 201 Å². The number of hydrogen-bond donors (Lipinski definition) is 2. The molecule has 0 saturated heterocycles. The molecule has 0 radical (unpaired) electrons. The van der Waals surface area contributed by atoms with Gasteiger partial charge in [-0.25, -0.2) is 5.43 Å². The third-order valence-electron chi connectivity index (χ3n) is 4.41. The Morgan fingerprint density at radius 2 is 1.61 bits per heavy atom. The standard InChI is InChI=1S/C24H21Cl2N3O4/c1-32-22-12-17(4-11-21(22)33-15-16-2-7-19(25)8-3-16)13-28-29-23(30)14-27-24(31)18-5-9-20(26)10-6-18/h2-13H,14-15H2,1H3,(H,27,31)(H,29,30)/b28-13+. The van der Waals surface area contributed by atoms with Gasteiger partial charge in [0.1, 0.15) is 6.61 Å². The molecule has 0 unspecified atom stereocenters. The van der Waals surface area contributed by atoms with Crippen LogP contribution in [0.2, 0.25) is 10.0 Å². The predicted octanol–water partition coefficient (Wildman–Crippen LogP) is 4.46. The van der Waals surface area contributed by atoms with Crippen molar-refractivity contribution in [3.05, 3.63) is 93.5 Å². The number of ether oxygens (including phenoxy) is 2. The van der Waals surface area contributed by atoms with E-state index in [0.29, 0.717) is 39.3 Å². The highest BCUT2D eigenvalue weighted by Gasteiger charge is 2.08. The van der Waals surface area contributed by atoms with Crippen LogP contribution in [0.3, 0.4) is 0 Å². The summed E-state index contributed by atoms with van der Waals surface area (Å²) in [5, 5.41) is 7.61. The van der Waals surface area contributed by atoms with E-state index in [1.165, 1.54) is 13.3 Å². The van der Waals surface area contributed by atoms with Crippen molar-refractivity contribution in [1.82, 2.24) is 10.7 Å². The fraction of sp³-hybridized carbons (Fsp3) is 0.125. The minimum atomic E-state index is -0.469. The molecule has 0 heterocycles. The second-order valence-electron chi connectivity index (χ2n) is 6.81. The van der Waals surface area contributed by atoms with E-state index in [0.717, 1.165) is 5.56 Å². The summed E-state index contributed by atoms with van der Waals surface area (Å²) in [5.41, 5.74) is 4.43. The fourth-order valence-electron chi connectivity index (χ4n) is 2.71. The first-order valence-electron chi connectivity index (χ1n) is 9.85. The van der Waals surface area contributed by atoms with Crippen molar-refractivity contribution < 1.29 is 19.1 Å². The molecule has 0 fully saturated rings.